The summed E-state index contributed by atoms with van der Waals surface area (Å²) in [6.45, 7) is 2.41. The van der Waals surface area contributed by atoms with Gasteiger partial charge in [-0.15, -0.1) is 0 Å². The van der Waals surface area contributed by atoms with Crippen LogP contribution in [0.4, 0.5) is 4.79 Å². The Balaban J connectivity index is 2.31. The first kappa shape index (κ1) is 14.9. The minimum Gasteiger partial charge on any atom is -0.341 e. The lowest BCUT2D eigenvalue weighted by atomic mass is 9.99. The molecule has 0 aromatic heterocycles. The number of hydrogen-bond acceptors (Lipinski definition) is 4. The standard InChI is InChI=1S/C12H24N4O2/c1-14-12(18)15-11(17)6-9-16-8-3-2-4-10(16)5-7-13/h10H,2-9,13H2,1H3,(H2,14,15,17,18). The van der Waals surface area contributed by atoms with Crippen LogP contribution in [0.3, 0.4) is 0 Å². The van der Waals surface area contributed by atoms with Crippen molar-refractivity contribution >= 4 is 11.9 Å². The van der Waals surface area contributed by atoms with Gasteiger partial charge in [0.1, 0.15) is 0 Å². The Labute approximate surface area is 108 Å². The van der Waals surface area contributed by atoms with Crippen molar-refractivity contribution in [2.24, 2.45) is 5.73 Å². The Kier molecular flexibility index (Phi) is 6.67. The number of imide groups is 1. The van der Waals surface area contributed by atoms with Crippen molar-refractivity contribution in [2.45, 2.75) is 38.1 Å². The second-order valence-electron chi connectivity index (χ2n) is 4.64. The molecule has 0 aromatic carbocycles. The molecule has 3 amide bonds. The van der Waals surface area contributed by atoms with E-state index in [-0.39, 0.29) is 5.91 Å². The minimum atomic E-state index is -0.447. The molecule has 6 heteroatoms. The highest BCUT2D eigenvalue weighted by molar-refractivity contribution is 5.94. The molecule has 6 nitrogen and oxygen atoms in total. The Bertz CT molecular complexity index is 281. The fourth-order valence-electron chi connectivity index (χ4n) is 2.37. The van der Waals surface area contributed by atoms with Crippen LogP contribution in [0.1, 0.15) is 32.1 Å². The fourth-order valence-corrected chi connectivity index (χ4v) is 2.37. The fraction of sp³-hybridized carbons (Fsp3) is 0.833. The van der Waals surface area contributed by atoms with Gasteiger partial charge in [0.25, 0.3) is 0 Å². The van der Waals surface area contributed by atoms with Gasteiger partial charge in [-0.25, -0.2) is 4.79 Å². The Morgan fingerprint density at radius 2 is 2.17 bits per heavy atom. The largest absolute Gasteiger partial charge is 0.341 e. The predicted molar refractivity (Wildman–Crippen MR) is 70.1 cm³/mol. The van der Waals surface area contributed by atoms with E-state index in [1.807, 2.05) is 0 Å². The molecule has 0 spiro atoms. The molecule has 0 aliphatic carbocycles. The Hall–Kier alpha value is -1.14. The second-order valence-corrected chi connectivity index (χ2v) is 4.64. The van der Waals surface area contributed by atoms with E-state index < -0.39 is 6.03 Å². The summed E-state index contributed by atoms with van der Waals surface area (Å²) in [7, 11) is 1.49. The summed E-state index contributed by atoms with van der Waals surface area (Å²) in [5.41, 5.74) is 5.60. The van der Waals surface area contributed by atoms with Crippen LogP contribution in [-0.2, 0) is 4.79 Å². The molecule has 1 heterocycles. The smallest absolute Gasteiger partial charge is 0.321 e. The molecular weight excluding hydrogens is 232 g/mol. The van der Waals surface area contributed by atoms with Crippen LogP contribution in [0.15, 0.2) is 0 Å². The van der Waals surface area contributed by atoms with Crippen molar-refractivity contribution in [3.05, 3.63) is 0 Å². The predicted octanol–water partition coefficient (Wildman–Crippen LogP) is 0.0354. The van der Waals surface area contributed by atoms with Gasteiger partial charge in [0.2, 0.25) is 5.91 Å². The topological polar surface area (TPSA) is 87.5 Å². The first-order valence-electron chi connectivity index (χ1n) is 6.63. The number of carbonyl (C=O) groups excluding carboxylic acids is 2. The van der Waals surface area contributed by atoms with Gasteiger partial charge >= 0.3 is 6.03 Å². The van der Waals surface area contributed by atoms with Gasteiger partial charge in [-0.3, -0.25) is 15.0 Å². The average molecular weight is 256 g/mol. The highest BCUT2D eigenvalue weighted by Gasteiger charge is 2.22. The first-order valence-corrected chi connectivity index (χ1v) is 6.63. The number of nitrogens with one attached hydrogen (secondary N) is 2. The van der Waals surface area contributed by atoms with E-state index in [1.165, 1.54) is 19.9 Å². The van der Waals surface area contributed by atoms with Crippen molar-refractivity contribution < 1.29 is 9.59 Å². The maximum atomic E-state index is 11.5. The molecule has 1 atom stereocenters. The summed E-state index contributed by atoms with van der Waals surface area (Å²) in [6, 6.07) is 0.0497. The summed E-state index contributed by atoms with van der Waals surface area (Å²) >= 11 is 0. The molecule has 1 saturated heterocycles. The van der Waals surface area contributed by atoms with Crippen LogP contribution in [0.2, 0.25) is 0 Å². The van der Waals surface area contributed by atoms with Crippen molar-refractivity contribution in [1.29, 1.82) is 0 Å². The van der Waals surface area contributed by atoms with Gasteiger partial charge in [0.15, 0.2) is 0 Å². The number of rotatable bonds is 5. The number of likely N-dealkylation sites (tertiary alicyclic amines) is 1. The summed E-state index contributed by atoms with van der Waals surface area (Å²) in [5.74, 6) is -0.230. The third kappa shape index (κ3) is 5.01. The molecule has 0 aromatic rings. The molecular formula is C12H24N4O2. The van der Waals surface area contributed by atoms with Crippen LogP contribution in [0.25, 0.3) is 0 Å². The second kappa shape index (κ2) is 8.05. The van der Waals surface area contributed by atoms with E-state index in [9.17, 15) is 9.59 Å². The summed E-state index contributed by atoms with van der Waals surface area (Å²) in [6.07, 6.45) is 4.92. The number of hydrogen-bond donors (Lipinski definition) is 3. The molecule has 1 aliphatic rings. The number of urea groups is 1. The molecule has 0 saturated carbocycles. The van der Waals surface area contributed by atoms with E-state index in [1.54, 1.807) is 0 Å². The third-order valence-corrected chi connectivity index (χ3v) is 3.36. The van der Waals surface area contributed by atoms with E-state index in [4.69, 9.17) is 5.73 Å². The summed E-state index contributed by atoms with van der Waals surface area (Å²) in [5, 5.41) is 4.64. The quantitative estimate of drug-likeness (QED) is 0.648. The van der Waals surface area contributed by atoms with Crippen LogP contribution < -0.4 is 16.4 Å². The monoisotopic (exact) mass is 256 g/mol. The molecule has 1 fully saturated rings. The van der Waals surface area contributed by atoms with Crippen LogP contribution in [0.5, 0.6) is 0 Å². The van der Waals surface area contributed by atoms with E-state index in [2.05, 4.69) is 15.5 Å². The molecule has 0 radical (unpaired) electrons. The van der Waals surface area contributed by atoms with Crippen LogP contribution in [-0.4, -0.2) is 49.6 Å². The molecule has 0 bridgehead atoms. The lowest BCUT2D eigenvalue weighted by Gasteiger charge is -2.35. The maximum Gasteiger partial charge on any atom is 0.321 e. The van der Waals surface area contributed by atoms with E-state index in [0.717, 1.165) is 19.4 Å². The SMILES string of the molecule is CNC(=O)NC(=O)CCN1CCCCC1CCN. The highest BCUT2D eigenvalue weighted by Crippen LogP contribution is 2.19. The lowest BCUT2D eigenvalue weighted by Crippen LogP contribution is -2.44. The van der Waals surface area contributed by atoms with Crippen molar-refractivity contribution in [3.8, 4) is 0 Å². The Morgan fingerprint density at radius 1 is 1.39 bits per heavy atom. The molecule has 1 unspecified atom stereocenters. The van der Waals surface area contributed by atoms with Gasteiger partial charge in [0, 0.05) is 26.1 Å². The zero-order valence-electron chi connectivity index (χ0n) is 11.1. The first-order chi connectivity index (χ1) is 8.67. The summed E-state index contributed by atoms with van der Waals surface area (Å²) in [4.78, 5) is 24.8. The van der Waals surface area contributed by atoms with Gasteiger partial charge < -0.3 is 11.1 Å². The normalized spacial score (nSPS) is 20.4. The number of piperidine rings is 1. The zero-order valence-corrected chi connectivity index (χ0v) is 11.1. The highest BCUT2D eigenvalue weighted by atomic mass is 16.2. The van der Waals surface area contributed by atoms with Gasteiger partial charge in [-0.05, 0) is 32.4 Å². The molecule has 1 aliphatic heterocycles. The summed E-state index contributed by atoms with van der Waals surface area (Å²) < 4.78 is 0. The van der Waals surface area contributed by atoms with Crippen LogP contribution >= 0.6 is 0 Å². The number of carbonyl (C=O) groups is 2. The number of nitrogens with two attached hydrogens (primary N) is 1. The minimum absolute atomic E-state index is 0.230. The lowest BCUT2D eigenvalue weighted by molar-refractivity contribution is -0.120. The molecule has 4 N–H and O–H groups in total. The van der Waals surface area contributed by atoms with Crippen molar-refractivity contribution in [1.82, 2.24) is 15.5 Å². The number of amides is 3. The van der Waals surface area contributed by atoms with Gasteiger partial charge in [0.05, 0.1) is 0 Å². The van der Waals surface area contributed by atoms with Gasteiger partial charge in [-0.2, -0.15) is 0 Å². The van der Waals surface area contributed by atoms with Crippen molar-refractivity contribution in [2.75, 3.05) is 26.7 Å². The number of nitrogens with zero attached hydrogens (tertiary/aromatic N) is 1. The average Bonchev–Trinajstić information content (AvgIpc) is 2.38. The molecule has 18 heavy (non-hydrogen) atoms. The Morgan fingerprint density at radius 3 is 2.83 bits per heavy atom. The van der Waals surface area contributed by atoms with E-state index in [0.29, 0.717) is 25.6 Å². The molecule has 1 rings (SSSR count). The molecule has 104 valence electrons. The zero-order chi connectivity index (χ0) is 13.4. The maximum absolute atomic E-state index is 11.5. The third-order valence-electron chi connectivity index (χ3n) is 3.36. The van der Waals surface area contributed by atoms with E-state index >= 15 is 0 Å². The van der Waals surface area contributed by atoms with Gasteiger partial charge in [-0.1, -0.05) is 6.42 Å². The van der Waals surface area contributed by atoms with Crippen LogP contribution in [0, 0.1) is 0 Å². The van der Waals surface area contributed by atoms with Crippen molar-refractivity contribution in [3.63, 3.8) is 0 Å².